The number of nitrogens with one attached hydrogen (secondary N) is 3. The highest BCUT2D eigenvalue weighted by molar-refractivity contribution is 6.31. The number of carbonyl (C=O) groups excluding carboxylic acids is 2. The van der Waals surface area contributed by atoms with Crippen LogP contribution in [0.25, 0.3) is 0 Å². The van der Waals surface area contributed by atoms with Crippen LogP contribution in [0.2, 0.25) is 10.0 Å². The van der Waals surface area contributed by atoms with Gasteiger partial charge in [-0.3, -0.25) is 19.7 Å². The molecule has 0 bridgehead atoms. The summed E-state index contributed by atoms with van der Waals surface area (Å²) in [7, 11) is 0. The van der Waals surface area contributed by atoms with Crippen molar-refractivity contribution in [1.82, 2.24) is 10.6 Å². The second kappa shape index (κ2) is 9.89. The Balaban J connectivity index is 1.69. The number of halogens is 3. The number of hydrogen-bond donors (Lipinski definition) is 4. The lowest BCUT2D eigenvalue weighted by molar-refractivity contribution is -0.137. The predicted octanol–water partition coefficient (Wildman–Crippen LogP) is 4.76. The number of anilines is 1. The summed E-state index contributed by atoms with van der Waals surface area (Å²) in [5.41, 5.74) is -0.675. The third kappa shape index (κ3) is 4.10. The SMILES string of the molecule is O=C(O)CCCNC(=O)[C@@H]1NC2(CCCCC2)C2(C(=O)Nc3cc(Cl)ccc32)[C@H]1c1cccc(Cl)c1F. The molecule has 1 saturated carbocycles. The third-order valence-corrected chi connectivity index (χ3v) is 8.70. The van der Waals surface area contributed by atoms with Crippen LogP contribution in [-0.4, -0.2) is 41.0 Å². The third-order valence-electron chi connectivity index (χ3n) is 8.17. The van der Waals surface area contributed by atoms with E-state index in [4.69, 9.17) is 28.3 Å². The highest BCUT2D eigenvalue weighted by Crippen LogP contribution is 2.62. The van der Waals surface area contributed by atoms with Crippen LogP contribution >= 0.6 is 23.2 Å². The zero-order chi connectivity index (χ0) is 26.4. The Labute approximate surface area is 224 Å². The van der Waals surface area contributed by atoms with E-state index >= 15 is 4.39 Å². The maximum atomic E-state index is 15.7. The maximum Gasteiger partial charge on any atom is 0.303 e. The first-order valence-corrected chi connectivity index (χ1v) is 13.3. The Morgan fingerprint density at radius 1 is 1.14 bits per heavy atom. The minimum Gasteiger partial charge on any atom is -0.481 e. The van der Waals surface area contributed by atoms with Crippen LogP contribution in [0.1, 0.15) is 62.0 Å². The number of carboxylic acids is 1. The molecule has 196 valence electrons. The summed E-state index contributed by atoms with van der Waals surface area (Å²) < 4.78 is 15.7. The van der Waals surface area contributed by atoms with Crippen molar-refractivity contribution in [1.29, 1.82) is 0 Å². The van der Waals surface area contributed by atoms with E-state index in [1.807, 2.05) is 0 Å². The van der Waals surface area contributed by atoms with Crippen molar-refractivity contribution >= 4 is 46.7 Å². The van der Waals surface area contributed by atoms with E-state index in [1.54, 1.807) is 30.3 Å². The van der Waals surface area contributed by atoms with Crippen LogP contribution in [-0.2, 0) is 19.8 Å². The minimum atomic E-state index is -1.29. The summed E-state index contributed by atoms with van der Waals surface area (Å²) in [4.78, 5) is 38.8. The van der Waals surface area contributed by atoms with Gasteiger partial charge in [0.15, 0.2) is 0 Å². The molecule has 5 rings (SSSR count). The van der Waals surface area contributed by atoms with E-state index in [9.17, 15) is 14.4 Å². The first kappa shape index (κ1) is 25.9. The summed E-state index contributed by atoms with van der Waals surface area (Å²) in [5.74, 6) is -3.24. The van der Waals surface area contributed by atoms with Gasteiger partial charge in [0.05, 0.1) is 11.1 Å². The summed E-state index contributed by atoms with van der Waals surface area (Å²) in [6.07, 6.45) is 4.12. The van der Waals surface area contributed by atoms with Gasteiger partial charge in [-0.25, -0.2) is 4.39 Å². The number of hydrogen-bond acceptors (Lipinski definition) is 4. The summed E-state index contributed by atoms with van der Waals surface area (Å²) in [6.45, 7) is 0.145. The van der Waals surface area contributed by atoms with Gasteiger partial charge in [-0.15, -0.1) is 0 Å². The molecule has 2 heterocycles. The fourth-order valence-corrected chi connectivity index (χ4v) is 7.13. The first-order chi connectivity index (χ1) is 17.7. The van der Waals surface area contributed by atoms with Gasteiger partial charge in [0.2, 0.25) is 11.8 Å². The fourth-order valence-electron chi connectivity index (χ4n) is 6.78. The molecule has 3 aliphatic rings. The van der Waals surface area contributed by atoms with Crippen molar-refractivity contribution in [2.45, 2.75) is 67.9 Å². The van der Waals surface area contributed by atoms with Crippen molar-refractivity contribution in [3.8, 4) is 0 Å². The number of carboxylic acid groups (broad SMARTS) is 1. The molecule has 0 aromatic heterocycles. The van der Waals surface area contributed by atoms with E-state index in [2.05, 4.69) is 16.0 Å². The lowest BCUT2D eigenvalue weighted by atomic mass is 9.55. The van der Waals surface area contributed by atoms with Crippen LogP contribution in [0, 0.1) is 5.82 Å². The van der Waals surface area contributed by atoms with E-state index < -0.39 is 40.6 Å². The van der Waals surface area contributed by atoms with Crippen LogP contribution in [0.4, 0.5) is 10.1 Å². The van der Waals surface area contributed by atoms with Crippen LogP contribution < -0.4 is 16.0 Å². The number of rotatable bonds is 6. The fraction of sp³-hybridized carbons (Fsp3) is 0.444. The molecule has 2 spiro atoms. The zero-order valence-electron chi connectivity index (χ0n) is 20.1. The topological polar surface area (TPSA) is 108 Å². The molecule has 2 amide bonds. The lowest BCUT2D eigenvalue weighted by Crippen LogP contribution is -2.60. The van der Waals surface area contributed by atoms with Crippen molar-refractivity contribution in [2.24, 2.45) is 0 Å². The monoisotopic (exact) mass is 547 g/mol. The van der Waals surface area contributed by atoms with E-state index in [-0.39, 0.29) is 35.9 Å². The van der Waals surface area contributed by atoms with Gasteiger partial charge < -0.3 is 15.7 Å². The zero-order valence-corrected chi connectivity index (χ0v) is 21.6. The average Bonchev–Trinajstić information content (AvgIpc) is 3.31. The second-order valence-corrected chi connectivity index (χ2v) is 11.0. The van der Waals surface area contributed by atoms with E-state index in [0.717, 1.165) is 19.3 Å². The molecular weight excluding hydrogens is 520 g/mol. The van der Waals surface area contributed by atoms with Crippen LogP contribution in [0.5, 0.6) is 0 Å². The molecule has 1 aliphatic carbocycles. The minimum absolute atomic E-state index is 0.0882. The number of amides is 2. The maximum absolute atomic E-state index is 15.7. The van der Waals surface area contributed by atoms with Crippen LogP contribution in [0.15, 0.2) is 36.4 Å². The summed E-state index contributed by atoms with van der Waals surface area (Å²) in [5, 5.41) is 18.7. The lowest BCUT2D eigenvalue weighted by Gasteiger charge is -2.47. The number of aliphatic carboxylic acids is 1. The van der Waals surface area contributed by atoms with Gasteiger partial charge in [0.25, 0.3) is 0 Å². The first-order valence-electron chi connectivity index (χ1n) is 12.5. The molecule has 2 fully saturated rings. The van der Waals surface area contributed by atoms with Gasteiger partial charge >= 0.3 is 5.97 Å². The largest absolute Gasteiger partial charge is 0.481 e. The summed E-state index contributed by atoms with van der Waals surface area (Å²) >= 11 is 12.5. The van der Waals surface area contributed by atoms with Gasteiger partial charge in [0, 0.05) is 35.1 Å². The molecule has 0 radical (unpaired) electrons. The quantitative estimate of drug-likeness (QED) is 0.390. The van der Waals surface area contributed by atoms with E-state index in [1.165, 1.54) is 6.07 Å². The molecular formula is C27H28Cl2FN3O4. The molecule has 2 aliphatic heterocycles. The molecule has 37 heavy (non-hydrogen) atoms. The molecule has 2 aromatic rings. The number of benzene rings is 2. The number of carbonyl (C=O) groups is 3. The Kier molecular flexibility index (Phi) is 6.94. The highest BCUT2D eigenvalue weighted by atomic mass is 35.5. The Morgan fingerprint density at radius 3 is 2.62 bits per heavy atom. The predicted molar refractivity (Wildman–Crippen MR) is 139 cm³/mol. The smallest absolute Gasteiger partial charge is 0.303 e. The Hall–Kier alpha value is -2.68. The molecule has 7 nitrogen and oxygen atoms in total. The van der Waals surface area contributed by atoms with Crippen molar-refractivity contribution < 1.29 is 23.9 Å². The number of fused-ring (bicyclic) bond motifs is 3. The van der Waals surface area contributed by atoms with Gasteiger partial charge in [-0.2, -0.15) is 0 Å². The standard InChI is InChI=1S/C27H28Cl2FN3O4/c28-15-9-10-17-19(14-15)32-25(37)27(17)21(16-6-4-7-18(29)22(16)30)23(24(36)31-13-5-8-20(34)35)33-26(27)11-2-1-3-12-26/h4,6-7,9-10,14,21,23,33H,1-3,5,8,11-13H2,(H,31,36)(H,32,37)(H,34,35)/t21-,23+,27?/m0/s1. The van der Waals surface area contributed by atoms with Crippen LogP contribution in [0.3, 0.4) is 0 Å². The Morgan fingerprint density at radius 2 is 1.89 bits per heavy atom. The average molecular weight is 548 g/mol. The highest BCUT2D eigenvalue weighted by Gasteiger charge is 2.72. The molecule has 10 heteroatoms. The van der Waals surface area contributed by atoms with Crippen molar-refractivity contribution in [2.75, 3.05) is 11.9 Å². The van der Waals surface area contributed by atoms with Gasteiger partial charge in [-0.1, -0.05) is 60.7 Å². The molecule has 1 unspecified atom stereocenters. The Bertz CT molecular complexity index is 1270. The van der Waals surface area contributed by atoms with Crippen molar-refractivity contribution in [3.05, 3.63) is 63.4 Å². The normalized spacial score (nSPS) is 25.8. The van der Waals surface area contributed by atoms with Gasteiger partial charge in [-0.05, 0) is 48.6 Å². The van der Waals surface area contributed by atoms with Gasteiger partial charge in [0.1, 0.15) is 11.2 Å². The molecule has 3 atom stereocenters. The second-order valence-electron chi connectivity index (χ2n) is 10.1. The van der Waals surface area contributed by atoms with E-state index in [0.29, 0.717) is 29.1 Å². The van der Waals surface area contributed by atoms with Crippen molar-refractivity contribution in [3.63, 3.8) is 0 Å². The molecule has 4 N–H and O–H groups in total. The molecule has 1 saturated heterocycles. The molecule has 2 aromatic carbocycles. The summed E-state index contributed by atoms with van der Waals surface area (Å²) in [6, 6.07) is 8.89.